The molecule has 7 heteroatoms. The summed E-state index contributed by atoms with van der Waals surface area (Å²) in [5.74, 6) is -0.509. The summed E-state index contributed by atoms with van der Waals surface area (Å²) in [6.45, 7) is 11.3. The van der Waals surface area contributed by atoms with E-state index in [9.17, 15) is 10.1 Å². The first kappa shape index (κ1) is 17.7. The minimum Gasteiger partial charge on any atom is -0.484 e. The number of nitro benzene ring substituents is 1. The highest BCUT2D eigenvalue weighted by Crippen LogP contribution is 2.41. The van der Waals surface area contributed by atoms with Crippen LogP contribution in [0.25, 0.3) is 5.57 Å². The molecule has 0 aliphatic carbocycles. The zero-order valence-corrected chi connectivity index (χ0v) is 14.4. The van der Waals surface area contributed by atoms with Crippen LogP contribution in [0.15, 0.2) is 12.6 Å². The van der Waals surface area contributed by atoms with Crippen molar-refractivity contribution in [3.8, 4) is 5.75 Å². The quantitative estimate of drug-likeness (QED) is 0.595. The number of benzene rings is 1. The van der Waals surface area contributed by atoms with Gasteiger partial charge in [0, 0.05) is 11.1 Å². The van der Waals surface area contributed by atoms with E-state index in [1.165, 1.54) is 0 Å². The molecule has 6 nitrogen and oxygen atoms in total. The number of nitro groups is 1. The summed E-state index contributed by atoms with van der Waals surface area (Å²) in [6.07, 6.45) is -0.293. The van der Waals surface area contributed by atoms with Crippen LogP contribution in [0, 0.1) is 17.0 Å². The summed E-state index contributed by atoms with van der Waals surface area (Å²) < 4.78 is 16.9. The van der Waals surface area contributed by atoms with Crippen LogP contribution in [-0.4, -0.2) is 30.0 Å². The number of halogens is 1. The van der Waals surface area contributed by atoms with Crippen molar-refractivity contribution in [2.45, 2.75) is 39.6 Å². The summed E-state index contributed by atoms with van der Waals surface area (Å²) in [6, 6.07) is 1.64. The van der Waals surface area contributed by atoms with E-state index in [1.807, 2.05) is 0 Å². The molecule has 1 aliphatic heterocycles. The molecule has 23 heavy (non-hydrogen) atoms. The zero-order chi connectivity index (χ0) is 17.4. The molecule has 0 saturated carbocycles. The summed E-state index contributed by atoms with van der Waals surface area (Å²) in [7, 11) is 0. The van der Waals surface area contributed by atoms with Crippen molar-refractivity contribution in [2.75, 3.05) is 13.2 Å². The van der Waals surface area contributed by atoms with E-state index < -0.39 is 10.7 Å². The number of hydrogen-bond donors (Lipinski definition) is 0. The predicted octanol–water partition coefficient (Wildman–Crippen LogP) is 4.12. The van der Waals surface area contributed by atoms with Gasteiger partial charge in [0.2, 0.25) is 5.75 Å². The third-order valence-electron chi connectivity index (χ3n) is 3.57. The minimum atomic E-state index is -0.674. The van der Waals surface area contributed by atoms with Gasteiger partial charge in [0.1, 0.15) is 12.7 Å². The van der Waals surface area contributed by atoms with E-state index in [4.69, 9.17) is 25.8 Å². The molecule has 1 heterocycles. The predicted molar refractivity (Wildman–Crippen MR) is 88.0 cm³/mol. The fraction of sp³-hybridized carbons (Fsp3) is 0.500. The Morgan fingerprint density at radius 3 is 2.74 bits per heavy atom. The normalized spacial score (nSPS) is 19.6. The van der Waals surface area contributed by atoms with Gasteiger partial charge in [0.05, 0.1) is 16.6 Å². The molecule has 0 aromatic heterocycles. The van der Waals surface area contributed by atoms with Gasteiger partial charge in [-0.1, -0.05) is 18.2 Å². The van der Waals surface area contributed by atoms with Gasteiger partial charge >= 0.3 is 5.69 Å². The average molecular weight is 342 g/mol. The Labute approximate surface area is 140 Å². The van der Waals surface area contributed by atoms with Crippen molar-refractivity contribution in [3.05, 3.63) is 38.9 Å². The highest BCUT2D eigenvalue weighted by atomic mass is 35.5. The number of allylic oxidation sites excluding steroid dienone is 1. The van der Waals surface area contributed by atoms with Gasteiger partial charge in [-0.25, -0.2) is 0 Å². The van der Waals surface area contributed by atoms with Crippen LogP contribution in [0.5, 0.6) is 5.75 Å². The summed E-state index contributed by atoms with van der Waals surface area (Å²) in [4.78, 5) is 11.0. The smallest absolute Gasteiger partial charge is 0.315 e. The summed E-state index contributed by atoms with van der Waals surface area (Å²) >= 11 is 6.10. The number of rotatable bonds is 5. The van der Waals surface area contributed by atoms with Gasteiger partial charge in [-0.15, -0.1) is 0 Å². The van der Waals surface area contributed by atoms with E-state index >= 15 is 0 Å². The molecule has 0 spiro atoms. The highest BCUT2D eigenvalue weighted by molar-refractivity contribution is 6.32. The Morgan fingerprint density at radius 1 is 1.61 bits per heavy atom. The molecule has 1 saturated heterocycles. The van der Waals surface area contributed by atoms with Crippen molar-refractivity contribution in [1.82, 2.24) is 0 Å². The SMILES string of the molecule is C=C(C)c1cc(Cl)c(C)c([N+](=O)[O-])c1OCC1COC(C)(C)O1. The van der Waals surface area contributed by atoms with E-state index in [1.54, 1.807) is 33.8 Å². The Hall–Kier alpha value is -1.63. The molecule has 1 unspecified atom stereocenters. The maximum absolute atomic E-state index is 11.5. The minimum absolute atomic E-state index is 0.144. The van der Waals surface area contributed by atoms with Gasteiger partial charge in [-0.2, -0.15) is 0 Å². The van der Waals surface area contributed by atoms with Crippen LogP contribution in [0.2, 0.25) is 5.02 Å². The first-order valence-corrected chi connectivity index (χ1v) is 7.58. The molecule has 1 fully saturated rings. The molecule has 0 radical (unpaired) electrons. The average Bonchev–Trinajstić information content (AvgIpc) is 2.78. The van der Waals surface area contributed by atoms with Gasteiger partial charge in [0.25, 0.3) is 0 Å². The molecule has 0 N–H and O–H groups in total. The van der Waals surface area contributed by atoms with Gasteiger partial charge in [-0.3, -0.25) is 10.1 Å². The van der Waals surface area contributed by atoms with Crippen LogP contribution in [0.3, 0.4) is 0 Å². The van der Waals surface area contributed by atoms with Crippen LogP contribution < -0.4 is 4.74 Å². The fourth-order valence-electron chi connectivity index (χ4n) is 2.42. The number of hydrogen-bond acceptors (Lipinski definition) is 5. The van der Waals surface area contributed by atoms with E-state index in [2.05, 4.69) is 6.58 Å². The van der Waals surface area contributed by atoms with Gasteiger partial charge in [0.15, 0.2) is 5.79 Å². The number of ether oxygens (including phenoxy) is 3. The second-order valence-electron chi connectivity index (χ2n) is 6.01. The molecule has 126 valence electrons. The molecule has 2 rings (SSSR count). The summed E-state index contributed by atoms with van der Waals surface area (Å²) in [5, 5.41) is 11.8. The van der Waals surface area contributed by atoms with Gasteiger partial charge < -0.3 is 14.2 Å². The Morgan fingerprint density at radius 2 is 2.26 bits per heavy atom. The molecule has 1 aromatic carbocycles. The van der Waals surface area contributed by atoms with Crippen molar-refractivity contribution >= 4 is 22.9 Å². The molecular formula is C16H20ClNO5. The lowest BCUT2D eigenvalue weighted by Gasteiger charge is -2.18. The molecule has 1 aliphatic rings. The van der Waals surface area contributed by atoms with Crippen molar-refractivity contribution in [1.29, 1.82) is 0 Å². The first-order chi connectivity index (χ1) is 10.6. The standard InChI is InChI=1S/C16H20ClNO5/c1-9(2)12-6-13(17)10(3)14(18(19)20)15(12)21-7-11-8-22-16(4,5)23-11/h6,11H,1,7-8H2,2-5H3. The highest BCUT2D eigenvalue weighted by Gasteiger charge is 2.34. The van der Waals surface area contributed by atoms with Gasteiger partial charge in [-0.05, 0) is 39.3 Å². The van der Waals surface area contributed by atoms with Crippen molar-refractivity contribution in [3.63, 3.8) is 0 Å². The lowest BCUT2D eigenvalue weighted by Crippen LogP contribution is -2.25. The first-order valence-electron chi connectivity index (χ1n) is 7.20. The lowest BCUT2D eigenvalue weighted by molar-refractivity contribution is -0.386. The second-order valence-corrected chi connectivity index (χ2v) is 6.42. The second kappa shape index (κ2) is 6.47. The third kappa shape index (κ3) is 3.83. The van der Waals surface area contributed by atoms with Crippen LogP contribution in [-0.2, 0) is 9.47 Å². The largest absolute Gasteiger partial charge is 0.484 e. The lowest BCUT2D eigenvalue weighted by atomic mass is 10.0. The maximum Gasteiger partial charge on any atom is 0.315 e. The van der Waals surface area contributed by atoms with Crippen LogP contribution in [0.4, 0.5) is 5.69 Å². The summed E-state index contributed by atoms with van der Waals surface area (Å²) in [5.41, 5.74) is 1.37. The Bertz CT molecular complexity index is 656. The molecule has 0 amide bonds. The van der Waals surface area contributed by atoms with Crippen LogP contribution >= 0.6 is 11.6 Å². The molecular weight excluding hydrogens is 322 g/mol. The van der Waals surface area contributed by atoms with Crippen LogP contribution in [0.1, 0.15) is 31.9 Å². The Balaban J connectivity index is 2.34. The zero-order valence-electron chi connectivity index (χ0n) is 13.6. The maximum atomic E-state index is 11.5. The fourth-order valence-corrected chi connectivity index (χ4v) is 2.61. The topological polar surface area (TPSA) is 70.8 Å². The molecule has 1 atom stereocenters. The third-order valence-corrected chi connectivity index (χ3v) is 3.96. The van der Waals surface area contributed by atoms with E-state index in [0.29, 0.717) is 28.3 Å². The van der Waals surface area contributed by atoms with E-state index in [0.717, 1.165) is 0 Å². The molecule has 1 aromatic rings. The number of nitrogens with zero attached hydrogens (tertiary/aromatic N) is 1. The van der Waals surface area contributed by atoms with Crippen molar-refractivity contribution < 1.29 is 19.1 Å². The van der Waals surface area contributed by atoms with E-state index in [-0.39, 0.29) is 24.1 Å². The molecule has 0 bridgehead atoms. The Kier molecular flexibility index (Phi) is 4.98. The van der Waals surface area contributed by atoms with Crippen molar-refractivity contribution in [2.24, 2.45) is 0 Å². The monoisotopic (exact) mass is 341 g/mol.